The van der Waals surface area contributed by atoms with E-state index in [0.29, 0.717) is 5.02 Å². The molecule has 2 unspecified atom stereocenters. The van der Waals surface area contributed by atoms with Crippen LogP contribution < -0.4 is 15.8 Å². The lowest BCUT2D eigenvalue weighted by Gasteiger charge is -2.28. The smallest absolute Gasteiger partial charge is 0.331 e. The van der Waals surface area contributed by atoms with E-state index in [0.717, 1.165) is 28.6 Å². The van der Waals surface area contributed by atoms with E-state index in [-0.39, 0.29) is 5.75 Å². The maximum atomic E-state index is 15.5. The normalized spacial score (nSPS) is 25.3. The van der Waals surface area contributed by atoms with Crippen LogP contribution in [0.4, 0.5) is 4.39 Å². The Kier molecular flexibility index (Phi) is 9.32. The summed E-state index contributed by atoms with van der Waals surface area (Å²) in [5.41, 5.74) is -4.11. The van der Waals surface area contributed by atoms with E-state index in [1.54, 1.807) is 13.8 Å². The van der Waals surface area contributed by atoms with Crippen molar-refractivity contribution in [2.45, 2.75) is 63.9 Å². The molecule has 0 radical (unpaired) electrons. The highest BCUT2D eigenvalue weighted by Crippen LogP contribution is 2.41. The summed E-state index contributed by atoms with van der Waals surface area (Å²) in [5, 5.41) is 11.0. The van der Waals surface area contributed by atoms with Crippen molar-refractivity contribution in [3.63, 3.8) is 0 Å². The number of alkyl halides is 1. The minimum atomic E-state index is -3.29. The molecule has 0 spiro atoms. The standard InChI is InChI=1S/C22H28ClFN3O9P/c1-12(2)34-19(30)13(3)27(37(32)36-15-7-5-14(23)6-8-15)33-11-16-18(29)22(4,24)20(35-16)26-10-9-17(28)25-21(26)31/h5-10,12-13,16,18,20,29,37H,11H2,1-4H3,(H,25,28,31)/t13?,16-,18-,20-,22-/m1/s1. The molecule has 3 rings (SSSR count). The van der Waals surface area contributed by atoms with E-state index in [1.807, 2.05) is 4.98 Å². The van der Waals surface area contributed by atoms with Crippen LogP contribution in [0.3, 0.4) is 0 Å². The van der Waals surface area contributed by atoms with Gasteiger partial charge in [0.15, 0.2) is 11.9 Å². The summed E-state index contributed by atoms with van der Waals surface area (Å²) in [4.78, 5) is 44.3. The SMILES string of the molecule is CC(C)OC(=O)C(C)N(OC[C@H]1O[C@@H](n2ccc(=O)[nH]c2=O)[C@](C)(F)[C@@H]1O)[PH](=O)Oc1ccc(Cl)cc1. The first-order valence-electron chi connectivity index (χ1n) is 11.2. The number of hydroxylamine groups is 1. The summed E-state index contributed by atoms with van der Waals surface area (Å²) in [6.45, 7) is 5.08. The predicted octanol–water partition coefficient (Wildman–Crippen LogP) is 2.22. The van der Waals surface area contributed by atoms with Gasteiger partial charge in [0, 0.05) is 17.3 Å². The molecule has 37 heavy (non-hydrogen) atoms. The number of nitrogens with zero attached hydrogens (tertiary/aromatic N) is 2. The lowest BCUT2D eigenvalue weighted by Crippen LogP contribution is -2.44. The molecule has 1 aromatic carbocycles. The number of rotatable bonds is 10. The van der Waals surface area contributed by atoms with Crippen molar-refractivity contribution in [2.24, 2.45) is 0 Å². The van der Waals surface area contributed by atoms with Gasteiger partial charge in [-0.2, -0.15) is 0 Å². The van der Waals surface area contributed by atoms with Crippen molar-refractivity contribution in [3.8, 4) is 5.75 Å². The van der Waals surface area contributed by atoms with Gasteiger partial charge in [-0.05, 0) is 52.0 Å². The monoisotopic (exact) mass is 563 g/mol. The summed E-state index contributed by atoms with van der Waals surface area (Å²) < 4.78 is 45.5. The second-order valence-electron chi connectivity index (χ2n) is 8.75. The first-order chi connectivity index (χ1) is 17.3. The van der Waals surface area contributed by atoms with Gasteiger partial charge < -0.3 is 19.1 Å². The number of ether oxygens (including phenoxy) is 2. The van der Waals surface area contributed by atoms with Crippen LogP contribution >= 0.6 is 19.8 Å². The number of H-pyrrole nitrogens is 1. The fourth-order valence-electron chi connectivity index (χ4n) is 3.51. The third-order valence-electron chi connectivity index (χ3n) is 5.44. The van der Waals surface area contributed by atoms with Crippen molar-refractivity contribution in [3.05, 3.63) is 62.4 Å². The Hall–Kier alpha value is -2.54. The molecule has 1 aliphatic rings. The Bertz CT molecular complexity index is 1240. The van der Waals surface area contributed by atoms with Gasteiger partial charge in [0.05, 0.1) is 12.7 Å². The highest BCUT2D eigenvalue weighted by atomic mass is 35.5. The van der Waals surface area contributed by atoms with E-state index in [2.05, 4.69) is 0 Å². The van der Waals surface area contributed by atoms with Gasteiger partial charge in [-0.25, -0.2) is 9.18 Å². The highest BCUT2D eigenvalue weighted by Gasteiger charge is 2.55. The lowest BCUT2D eigenvalue weighted by atomic mass is 9.98. The molecule has 204 valence electrons. The minimum Gasteiger partial charge on any atom is -0.462 e. The molecular weight excluding hydrogens is 536 g/mol. The molecule has 0 amide bonds. The quantitative estimate of drug-likeness (QED) is 0.250. The first kappa shape index (κ1) is 29.0. The van der Waals surface area contributed by atoms with Crippen LogP contribution in [0.2, 0.25) is 5.02 Å². The number of esters is 1. The Morgan fingerprint density at radius 2 is 1.95 bits per heavy atom. The van der Waals surface area contributed by atoms with E-state index < -0.39 is 68.3 Å². The molecule has 2 heterocycles. The molecule has 2 N–H and O–H groups in total. The molecule has 12 nitrogen and oxygen atoms in total. The van der Waals surface area contributed by atoms with Gasteiger partial charge in [-0.15, -0.1) is 0 Å². The Morgan fingerprint density at radius 1 is 1.30 bits per heavy atom. The lowest BCUT2D eigenvalue weighted by molar-refractivity contribution is -0.183. The number of aromatic amines is 1. The molecule has 0 aliphatic carbocycles. The molecule has 1 fully saturated rings. The van der Waals surface area contributed by atoms with Crippen molar-refractivity contribution >= 4 is 25.7 Å². The molecule has 0 bridgehead atoms. The number of benzene rings is 1. The van der Waals surface area contributed by atoms with Gasteiger partial charge in [0.2, 0.25) is 0 Å². The zero-order valence-corrected chi connectivity index (χ0v) is 22.2. The van der Waals surface area contributed by atoms with Gasteiger partial charge in [0.25, 0.3) is 5.56 Å². The fourth-order valence-corrected chi connectivity index (χ4v) is 4.67. The van der Waals surface area contributed by atoms with Crippen LogP contribution in [0.1, 0.15) is 33.9 Å². The molecule has 1 saturated heterocycles. The maximum Gasteiger partial charge on any atom is 0.331 e. The van der Waals surface area contributed by atoms with Crippen molar-refractivity contribution in [1.29, 1.82) is 0 Å². The third-order valence-corrected chi connectivity index (χ3v) is 6.98. The number of aliphatic hydroxyl groups is 1. The Balaban J connectivity index is 1.80. The molecule has 1 aliphatic heterocycles. The fraction of sp³-hybridized carbons (Fsp3) is 0.500. The van der Waals surface area contributed by atoms with Gasteiger partial charge in [0.1, 0.15) is 24.0 Å². The topological polar surface area (TPSA) is 149 Å². The number of hydrogen-bond acceptors (Lipinski definition) is 9. The Morgan fingerprint density at radius 3 is 2.54 bits per heavy atom. The van der Waals surface area contributed by atoms with E-state index in [4.69, 9.17) is 30.4 Å². The zero-order chi connectivity index (χ0) is 27.5. The van der Waals surface area contributed by atoms with Crippen molar-refractivity contribution in [1.82, 2.24) is 14.4 Å². The first-order valence-corrected chi connectivity index (χ1v) is 12.9. The molecule has 2 aromatic rings. The molecule has 6 atom stereocenters. The molecular formula is C22H28ClFN3O9P. The van der Waals surface area contributed by atoms with Crippen LogP contribution in [0.5, 0.6) is 5.75 Å². The van der Waals surface area contributed by atoms with Crippen molar-refractivity contribution in [2.75, 3.05) is 6.61 Å². The second kappa shape index (κ2) is 11.9. The maximum absolute atomic E-state index is 15.5. The van der Waals surface area contributed by atoms with Crippen LogP contribution in [-0.4, -0.2) is 62.1 Å². The molecule has 1 aromatic heterocycles. The van der Waals surface area contributed by atoms with Gasteiger partial charge in [-0.3, -0.25) is 28.5 Å². The predicted molar refractivity (Wildman–Crippen MR) is 130 cm³/mol. The molecule has 15 heteroatoms. The average molecular weight is 564 g/mol. The van der Waals surface area contributed by atoms with Crippen LogP contribution in [0.25, 0.3) is 0 Å². The largest absolute Gasteiger partial charge is 0.462 e. The van der Waals surface area contributed by atoms with Crippen LogP contribution in [0, 0.1) is 0 Å². The van der Waals surface area contributed by atoms with Gasteiger partial charge >= 0.3 is 19.8 Å². The number of aromatic nitrogens is 2. The number of hydrogen-bond donors (Lipinski definition) is 2. The van der Waals surface area contributed by atoms with Crippen LogP contribution in [-0.2, 0) is 23.7 Å². The highest BCUT2D eigenvalue weighted by molar-refractivity contribution is 7.36. The van der Waals surface area contributed by atoms with Crippen molar-refractivity contribution < 1.29 is 37.7 Å². The second-order valence-corrected chi connectivity index (χ2v) is 10.4. The number of carbonyl (C=O) groups excluding carboxylic acids is 1. The molecule has 0 saturated carbocycles. The summed E-state index contributed by atoms with van der Waals surface area (Å²) >= 11 is 5.86. The number of aliphatic hydroxyl groups excluding tert-OH is 1. The Labute approximate surface area is 216 Å². The third kappa shape index (κ3) is 6.86. The number of halogens is 2. The minimum absolute atomic E-state index is 0.178. The van der Waals surface area contributed by atoms with E-state index in [1.165, 1.54) is 31.2 Å². The van der Waals surface area contributed by atoms with E-state index >= 15 is 4.39 Å². The average Bonchev–Trinajstić information content (AvgIpc) is 3.03. The summed E-state index contributed by atoms with van der Waals surface area (Å²) in [5.74, 6) is -0.591. The van der Waals surface area contributed by atoms with Gasteiger partial charge in [-0.1, -0.05) is 16.4 Å². The summed E-state index contributed by atoms with van der Waals surface area (Å²) in [6, 6.07) is 5.72. The summed E-state index contributed by atoms with van der Waals surface area (Å²) in [7, 11) is -3.29. The van der Waals surface area contributed by atoms with E-state index in [9.17, 15) is 24.1 Å². The van der Waals surface area contributed by atoms with Crippen LogP contribution in [0.15, 0.2) is 46.1 Å². The number of carbonyl (C=O) groups is 1. The number of nitrogens with one attached hydrogen (secondary N) is 1. The summed E-state index contributed by atoms with van der Waals surface area (Å²) in [6.07, 6.45) is -4.20. The zero-order valence-electron chi connectivity index (χ0n) is 20.4.